The fourth-order valence-electron chi connectivity index (χ4n) is 6.39. The van der Waals surface area contributed by atoms with Crippen LogP contribution < -0.4 is 9.64 Å². The average Bonchev–Trinajstić information content (AvgIpc) is 3.54. The van der Waals surface area contributed by atoms with Gasteiger partial charge in [-0.2, -0.15) is 4.98 Å². The van der Waals surface area contributed by atoms with Crippen LogP contribution in [0.25, 0.3) is 10.9 Å². The van der Waals surface area contributed by atoms with Gasteiger partial charge in [-0.25, -0.2) is 4.98 Å². The van der Waals surface area contributed by atoms with Gasteiger partial charge >= 0.3 is 6.01 Å². The summed E-state index contributed by atoms with van der Waals surface area (Å²) in [5, 5.41) is 11.6. The molecule has 1 aliphatic heterocycles. The third-order valence-corrected chi connectivity index (χ3v) is 9.29. The molecule has 0 saturated carbocycles. The summed E-state index contributed by atoms with van der Waals surface area (Å²) in [7, 11) is 0. The Morgan fingerprint density at radius 2 is 1.49 bits per heavy atom. The smallest absolute Gasteiger partial charge is 0.321 e. The molecule has 7 rings (SSSR count). The minimum absolute atomic E-state index is 0. The minimum Gasteiger partial charge on any atom is -0.506 e. The Morgan fingerprint density at radius 1 is 0.837 bits per heavy atom. The fraction of sp³-hybridized carbons (Fsp3) is 0.357. The van der Waals surface area contributed by atoms with E-state index in [1.807, 2.05) is 42.5 Å². The monoisotopic (exact) mass is 834 g/mol. The Hall–Kier alpha value is -4.02. The molecule has 49 heavy (non-hydrogen) atoms. The number of nitrogens with zero attached hydrogens (tertiary/aromatic N) is 4. The molecule has 1 N–H and O–H groups in total. The standard InChI is InChI=1S/C42H45N4O2.Pt/c1-40(2,3)28-17-27-24-43-39(45-36(27)35(47)23-28)48-32-15-12-14-26(18-32)38-44-37-33-16-11-10-13-25(33)19-34(37)46(38)31-21-29(41(4,5)6)20-30(22-31)42(7,8)9;/h10-17,20-24,34,37,47H,19H2,1-9H3;/q-1;/t34-,37+;/m1./s1/i19D2;. The second-order valence-corrected chi connectivity index (χ2v) is 16.1. The zero-order chi connectivity index (χ0) is 36.0. The van der Waals surface area contributed by atoms with Crippen molar-refractivity contribution in [1.29, 1.82) is 0 Å². The van der Waals surface area contributed by atoms with Gasteiger partial charge in [-0.3, -0.25) is 0 Å². The van der Waals surface area contributed by atoms with Gasteiger partial charge in [0.2, 0.25) is 0 Å². The number of benzene rings is 4. The summed E-state index contributed by atoms with van der Waals surface area (Å²) in [6, 6.07) is 26.2. The number of aliphatic imine (C=N–C) groups is 1. The van der Waals surface area contributed by atoms with Gasteiger partial charge in [-0.1, -0.05) is 98.7 Å². The molecule has 1 aliphatic carbocycles. The van der Waals surface area contributed by atoms with Crippen LogP contribution in [0.4, 0.5) is 5.69 Å². The van der Waals surface area contributed by atoms with Crippen LogP contribution in [-0.2, 0) is 43.7 Å². The average molecular weight is 835 g/mol. The second-order valence-electron chi connectivity index (χ2n) is 16.1. The molecule has 0 unspecified atom stereocenters. The fourth-order valence-corrected chi connectivity index (χ4v) is 6.39. The van der Waals surface area contributed by atoms with E-state index < -0.39 is 18.5 Å². The molecule has 2 aliphatic rings. The van der Waals surface area contributed by atoms with E-state index >= 15 is 0 Å². The molecule has 7 heteroatoms. The van der Waals surface area contributed by atoms with Crippen LogP contribution in [0, 0.1) is 6.07 Å². The van der Waals surface area contributed by atoms with Crippen LogP contribution >= 0.6 is 0 Å². The first-order valence-corrected chi connectivity index (χ1v) is 16.7. The summed E-state index contributed by atoms with van der Waals surface area (Å²) in [5.74, 6) is 1.08. The molecule has 4 aromatic carbocycles. The summed E-state index contributed by atoms with van der Waals surface area (Å²) in [6.45, 7) is 19.5. The van der Waals surface area contributed by atoms with Crippen LogP contribution in [-0.4, -0.2) is 27.0 Å². The van der Waals surface area contributed by atoms with E-state index in [1.165, 1.54) is 11.1 Å². The molecule has 0 saturated heterocycles. The molecule has 0 spiro atoms. The number of ether oxygens (including phenoxy) is 1. The largest absolute Gasteiger partial charge is 0.506 e. The number of amidine groups is 1. The summed E-state index contributed by atoms with van der Waals surface area (Å²) in [6.07, 6.45) is -0.0109. The Kier molecular flexibility index (Phi) is 8.14. The van der Waals surface area contributed by atoms with Crippen molar-refractivity contribution < 1.29 is 33.7 Å². The van der Waals surface area contributed by atoms with Gasteiger partial charge < -0.3 is 19.7 Å². The molecule has 0 bridgehead atoms. The van der Waals surface area contributed by atoms with Gasteiger partial charge in [0.25, 0.3) is 0 Å². The van der Waals surface area contributed by atoms with Gasteiger partial charge in [0.15, 0.2) is 0 Å². The molecule has 0 fully saturated rings. The van der Waals surface area contributed by atoms with Crippen molar-refractivity contribution in [3.8, 4) is 17.5 Å². The Balaban J connectivity index is 0.00000448. The molecule has 6 nitrogen and oxygen atoms in total. The van der Waals surface area contributed by atoms with Crippen LogP contribution in [0.15, 0.2) is 84.0 Å². The summed E-state index contributed by atoms with van der Waals surface area (Å²) in [4.78, 5) is 16.4. The Labute approximate surface area is 307 Å². The molecule has 1 aromatic heterocycles. The van der Waals surface area contributed by atoms with Crippen molar-refractivity contribution in [2.45, 2.75) is 97.0 Å². The van der Waals surface area contributed by atoms with E-state index in [1.54, 1.807) is 18.3 Å². The Morgan fingerprint density at radius 3 is 2.16 bits per heavy atom. The maximum atomic E-state index is 10.9. The molecule has 2 heterocycles. The van der Waals surface area contributed by atoms with Crippen molar-refractivity contribution in [3.05, 3.63) is 118 Å². The van der Waals surface area contributed by atoms with E-state index in [9.17, 15) is 7.85 Å². The van der Waals surface area contributed by atoms with Gasteiger partial charge in [0, 0.05) is 46.8 Å². The van der Waals surface area contributed by atoms with Crippen molar-refractivity contribution in [2.24, 2.45) is 4.99 Å². The van der Waals surface area contributed by atoms with E-state index in [4.69, 9.17) is 9.73 Å². The maximum absolute atomic E-state index is 10.9. The molecular formula is C42H45N4O2Pt-. The number of anilines is 1. The predicted octanol–water partition coefficient (Wildman–Crippen LogP) is 9.75. The number of hydrogen-bond donors (Lipinski definition) is 1. The molecule has 2 atom stereocenters. The predicted molar refractivity (Wildman–Crippen MR) is 195 cm³/mol. The number of fused-ring (bicyclic) bond motifs is 4. The number of hydrogen-bond acceptors (Lipinski definition) is 6. The number of phenols is 1. The molecule has 256 valence electrons. The van der Waals surface area contributed by atoms with Crippen LogP contribution in [0.1, 0.15) is 104 Å². The van der Waals surface area contributed by atoms with E-state index in [0.717, 1.165) is 22.2 Å². The zero-order valence-corrected chi connectivity index (χ0v) is 31.9. The van der Waals surface area contributed by atoms with Crippen molar-refractivity contribution in [1.82, 2.24) is 9.97 Å². The van der Waals surface area contributed by atoms with E-state index in [2.05, 4.69) is 101 Å². The van der Waals surface area contributed by atoms with Crippen molar-refractivity contribution >= 4 is 22.4 Å². The SMILES string of the molecule is [2H]C1([2H])c2ccccc2[C@@H]2N=C(c3[c-]c(Oc4ncc5cc(C(C)(C)C)cc(O)c5n4)ccc3)N(c3cc(C(C)(C)C)cc(C(C)(C)C)c3)[C@@H]21.[Pt]. The third kappa shape index (κ3) is 6.65. The van der Waals surface area contributed by atoms with E-state index in [0.29, 0.717) is 28.2 Å². The maximum Gasteiger partial charge on any atom is 0.321 e. The zero-order valence-electron chi connectivity index (χ0n) is 31.6. The quantitative estimate of drug-likeness (QED) is 0.183. The van der Waals surface area contributed by atoms with Gasteiger partial charge in [0.05, 0.1) is 17.9 Å². The second kappa shape index (κ2) is 12.4. The van der Waals surface area contributed by atoms with Crippen LogP contribution in [0.5, 0.6) is 17.5 Å². The number of rotatable bonds is 4. The summed E-state index contributed by atoms with van der Waals surface area (Å²) < 4.78 is 25.1. The van der Waals surface area contributed by atoms with E-state index in [-0.39, 0.29) is 49.1 Å². The molecule has 5 aromatic rings. The third-order valence-electron chi connectivity index (χ3n) is 9.29. The number of phenolic OH excluding ortho intramolecular Hbond substituents is 1. The normalized spacial score (nSPS) is 19.0. The molecular weight excluding hydrogens is 788 g/mol. The first kappa shape index (κ1) is 32.2. The van der Waals surface area contributed by atoms with Crippen LogP contribution in [0.3, 0.4) is 0 Å². The first-order chi connectivity index (χ1) is 23.3. The Bertz CT molecular complexity index is 2150. The first-order valence-electron chi connectivity index (χ1n) is 17.7. The van der Waals surface area contributed by atoms with Crippen molar-refractivity contribution in [2.75, 3.05) is 4.90 Å². The number of aromatic nitrogens is 2. The molecule has 0 amide bonds. The van der Waals surface area contributed by atoms with Crippen LogP contribution in [0.2, 0.25) is 0 Å². The molecule has 0 radical (unpaired) electrons. The van der Waals surface area contributed by atoms with Gasteiger partial charge in [0.1, 0.15) is 11.3 Å². The summed E-state index contributed by atoms with van der Waals surface area (Å²) in [5.41, 5.74) is 6.48. The van der Waals surface area contributed by atoms with Gasteiger partial charge in [-0.15, -0.1) is 23.8 Å². The summed E-state index contributed by atoms with van der Waals surface area (Å²) >= 11 is 0. The van der Waals surface area contributed by atoms with Crippen molar-refractivity contribution in [3.63, 3.8) is 0 Å². The van der Waals surface area contributed by atoms with Gasteiger partial charge in [-0.05, 0) is 74.7 Å². The minimum atomic E-state index is -1.67. The topological polar surface area (TPSA) is 70.8 Å². The number of aromatic hydroxyl groups is 1.